The molecule has 1 heteroatoms. The second-order valence-electron chi connectivity index (χ2n) is 5.30. The molecule has 1 nitrogen and oxygen atoms in total. The van der Waals surface area contributed by atoms with Crippen molar-refractivity contribution < 1.29 is 5.11 Å². The standard InChI is InChI=1S/C20H18O/c1-15(16-7-3-2-4-8-16)13-20(21)19-12-11-17-9-5-6-10-18(17)14-19/h2-12,14,20-21H,1,13H2. The Labute approximate surface area is 125 Å². The third-order valence-corrected chi connectivity index (χ3v) is 3.78. The molecule has 0 fully saturated rings. The predicted molar refractivity (Wildman–Crippen MR) is 89.0 cm³/mol. The van der Waals surface area contributed by atoms with Crippen LogP contribution in [0.5, 0.6) is 0 Å². The van der Waals surface area contributed by atoms with Crippen LogP contribution in [0.25, 0.3) is 16.3 Å². The second kappa shape index (κ2) is 5.94. The van der Waals surface area contributed by atoms with Crippen molar-refractivity contribution in [1.82, 2.24) is 0 Å². The van der Waals surface area contributed by atoms with Gasteiger partial charge in [0.2, 0.25) is 0 Å². The van der Waals surface area contributed by atoms with Crippen molar-refractivity contribution in [3.05, 3.63) is 90.5 Å². The molecule has 0 aliphatic carbocycles. The van der Waals surface area contributed by atoms with Crippen molar-refractivity contribution in [3.8, 4) is 0 Å². The summed E-state index contributed by atoms with van der Waals surface area (Å²) in [6, 6.07) is 24.3. The molecule has 0 saturated carbocycles. The zero-order valence-electron chi connectivity index (χ0n) is 11.9. The van der Waals surface area contributed by atoms with E-state index in [0.29, 0.717) is 6.42 Å². The Morgan fingerprint density at radius 1 is 0.857 bits per heavy atom. The smallest absolute Gasteiger partial charge is 0.0830 e. The van der Waals surface area contributed by atoms with Gasteiger partial charge < -0.3 is 5.11 Å². The summed E-state index contributed by atoms with van der Waals surface area (Å²) in [5.74, 6) is 0. The summed E-state index contributed by atoms with van der Waals surface area (Å²) in [5.41, 5.74) is 2.97. The number of hydrogen-bond acceptors (Lipinski definition) is 1. The molecule has 0 bridgehead atoms. The Bertz CT molecular complexity index is 759. The van der Waals surface area contributed by atoms with Crippen LogP contribution in [0.3, 0.4) is 0 Å². The molecular weight excluding hydrogens is 256 g/mol. The van der Waals surface area contributed by atoms with E-state index in [1.54, 1.807) is 0 Å². The van der Waals surface area contributed by atoms with E-state index in [1.807, 2.05) is 48.5 Å². The largest absolute Gasteiger partial charge is 0.388 e. The maximum atomic E-state index is 10.5. The van der Waals surface area contributed by atoms with Gasteiger partial charge >= 0.3 is 0 Å². The topological polar surface area (TPSA) is 20.2 Å². The quantitative estimate of drug-likeness (QED) is 0.711. The first-order valence-corrected chi connectivity index (χ1v) is 7.14. The summed E-state index contributed by atoms with van der Waals surface area (Å²) in [6.45, 7) is 4.09. The fourth-order valence-corrected chi connectivity index (χ4v) is 2.56. The van der Waals surface area contributed by atoms with Gasteiger partial charge in [0.25, 0.3) is 0 Å². The molecule has 0 spiro atoms. The number of rotatable bonds is 4. The van der Waals surface area contributed by atoms with E-state index in [0.717, 1.165) is 22.1 Å². The molecular formula is C20H18O. The van der Waals surface area contributed by atoms with Gasteiger partial charge in [-0.2, -0.15) is 0 Å². The Morgan fingerprint density at radius 3 is 2.29 bits per heavy atom. The lowest BCUT2D eigenvalue weighted by molar-refractivity contribution is 0.184. The van der Waals surface area contributed by atoms with Crippen LogP contribution in [0.4, 0.5) is 0 Å². The van der Waals surface area contributed by atoms with Gasteiger partial charge in [0.15, 0.2) is 0 Å². The first kappa shape index (κ1) is 13.6. The molecule has 0 saturated heterocycles. The summed E-state index contributed by atoms with van der Waals surface area (Å²) in [5, 5.41) is 12.8. The fourth-order valence-electron chi connectivity index (χ4n) is 2.56. The molecule has 21 heavy (non-hydrogen) atoms. The predicted octanol–water partition coefficient (Wildman–Crippen LogP) is 4.98. The van der Waals surface area contributed by atoms with E-state index in [1.165, 1.54) is 5.39 Å². The van der Waals surface area contributed by atoms with Crippen molar-refractivity contribution in [2.24, 2.45) is 0 Å². The van der Waals surface area contributed by atoms with E-state index in [9.17, 15) is 5.11 Å². The van der Waals surface area contributed by atoms with Crippen LogP contribution in [-0.2, 0) is 0 Å². The normalized spacial score (nSPS) is 12.2. The minimum absolute atomic E-state index is 0.526. The lowest BCUT2D eigenvalue weighted by Crippen LogP contribution is -1.98. The van der Waals surface area contributed by atoms with E-state index < -0.39 is 6.10 Å². The van der Waals surface area contributed by atoms with Gasteiger partial charge in [-0.25, -0.2) is 0 Å². The third-order valence-electron chi connectivity index (χ3n) is 3.78. The molecule has 0 amide bonds. The van der Waals surface area contributed by atoms with Crippen molar-refractivity contribution >= 4 is 16.3 Å². The number of fused-ring (bicyclic) bond motifs is 1. The van der Waals surface area contributed by atoms with Crippen molar-refractivity contribution in [2.45, 2.75) is 12.5 Å². The van der Waals surface area contributed by atoms with Crippen molar-refractivity contribution in [3.63, 3.8) is 0 Å². The molecule has 1 N–H and O–H groups in total. The highest BCUT2D eigenvalue weighted by molar-refractivity contribution is 5.83. The molecule has 1 atom stereocenters. The minimum atomic E-state index is -0.526. The average Bonchev–Trinajstić information content (AvgIpc) is 2.55. The molecule has 1 unspecified atom stereocenters. The number of aliphatic hydroxyl groups is 1. The zero-order valence-corrected chi connectivity index (χ0v) is 11.9. The van der Waals surface area contributed by atoms with Gasteiger partial charge in [-0.15, -0.1) is 0 Å². The average molecular weight is 274 g/mol. The maximum Gasteiger partial charge on any atom is 0.0830 e. The van der Waals surface area contributed by atoms with Crippen LogP contribution < -0.4 is 0 Å². The molecule has 0 aliphatic heterocycles. The van der Waals surface area contributed by atoms with Crippen LogP contribution in [-0.4, -0.2) is 5.11 Å². The van der Waals surface area contributed by atoms with Gasteiger partial charge in [0, 0.05) is 6.42 Å². The Hall–Kier alpha value is -2.38. The van der Waals surface area contributed by atoms with E-state index in [4.69, 9.17) is 0 Å². The SMILES string of the molecule is C=C(CC(O)c1ccc2ccccc2c1)c1ccccc1. The van der Waals surface area contributed by atoms with Gasteiger partial charge in [-0.1, -0.05) is 73.3 Å². The molecule has 3 aromatic carbocycles. The lowest BCUT2D eigenvalue weighted by atomic mass is 9.96. The molecule has 0 radical (unpaired) electrons. The second-order valence-corrected chi connectivity index (χ2v) is 5.30. The van der Waals surface area contributed by atoms with Crippen LogP contribution in [0, 0.1) is 0 Å². The summed E-state index contributed by atoms with van der Waals surface area (Å²) in [6.07, 6.45) is 0.0184. The molecule has 0 heterocycles. The minimum Gasteiger partial charge on any atom is -0.388 e. The van der Waals surface area contributed by atoms with Gasteiger partial charge in [-0.05, 0) is 33.5 Å². The Morgan fingerprint density at radius 2 is 1.52 bits per heavy atom. The molecule has 104 valence electrons. The van der Waals surface area contributed by atoms with E-state index in [2.05, 4.69) is 30.8 Å². The molecule has 3 aromatic rings. The summed E-state index contributed by atoms with van der Waals surface area (Å²) in [7, 11) is 0. The molecule has 0 aliphatic rings. The summed E-state index contributed by atoms with van der Waals surface area (Å²) in [4.78, 5) is 0. The van der Waals surface area contributed by atoms with Crippen molar-refractivity contribution in [2.75, 3.05) is 0 Å². The van der Waals surface area contributed by atoms with Crippen LogP contribution in [0.15, 0.2) is 79.4 Å². The summed E-state index contributed by atoms with van der Waals surface area (Å²) >= 11 is 0. The molecule has 0 aromatic heterocycles. The van der Waals surface area contributed by atoms with Crippen molar-refractivity contribution in [1.29, 1.82) is 0 Å². The maximum absolute atomic E-state index is 10.5. The monoisotopic (exact) mass is 274 g/mol. The van der Waals surface area contributed by atoms with E-state index in [-0.39, 0.29) is 0 Å². The highest BCUT2D eigenvalue weighted by Gasteiger charge is 2.11. The Balaban J connectivity index is 1.80. The highest BCUT2D eigenvalue weighted by Crippen LogP contribution is 2.28. The van der Waals surface area contributed by atoms with Crippen LogP contribution in [0.2, 0.25) is 0 Å². The Kier molecular flexibility index (Phi) is 3.85. The van der Waals surface area contributed by atoms with Crippen LogP contribution in [0.1, 0.15) is 23.7 Å². The first-order valence-electron chi connectivity index (χ1n) is 7.14. The van der Waals surface area contributed by atoms with E-state index >= 15 is 0 Å². The highest BCUT2D eigenvalue weighted by atomic mass is 16.3. The third kappa shape index (κ3) is 3.04. The first-order chi connectivity index (χ1) is 10.2. The number of benzene rings is 3. The summed E-state index contributed by atoms with van der Waals surface area (Å²) < 4.78 is 0. The fraction of sp³-hybridized carbons (Fsp3) is 0.100. The van der Waals surface area contributed by atoms with Crippen LogP contribution >= 0.6 is 0 Å². The zero-order chi connectivity index (χ0) is 14.7. The van der Waals surface area contributed by atoms with Gasteiger partial charge in [0.05, 0.1) is 6.10 Å². The van der Waals surface area contributed by atoms with Gasteiger partial charge in [0.1, 0.15) is 0 Å². The lowest BCUT2D eigenvalue weighted by Gasteiger charge is -2.14. The molecule has 3 rings (SSSR count). The number of hydrogen-bond donors (Lipinski definition) is 1. The number of aliphatic hydroxyl groups excluding tert-OH is 1. The van der Waals surface area contributed by atoms with Gasteiger partial charge in [-0.3, -0.25) is 0 Å².